The Labute approximate surface area is 100 Å². The number of hydrogen-bond donors (Lipinski definition) is 1. The number of aliphatic hydroxyl groups is 1. The average Bonchev–Trinajstić information content (AvgIpc) is 2.85. The van der Waals surface area contributed by atoms with E-state index in [0.717, 1.165) is 6.42 Å². The minimum Gasteiger partial charge on any atom is -0.390 e. The summed E-state index contributed by atoms with van der Waals surface area (Å²) in [5, 5.41) is 9.80. The molecule has 94 valence electrons. The molecular formula is C13H17FO3. The largest absolute Gasteiger partial charge is 0.390 e. The lowest BCUT2D eigenvalue weighted by molar-refractivity contribution is -0.00482. The predicted molar refractivity (Wildman–Crippen MR) is 61.0 cm³/mol. The molecule has 1 N–H and O–H groups in total. The molecule has 0 radical (unpaired) electrons. The number of hydrogen-bond acceptors (Lipinski definition) is 3. The zero-order chi connectivity index (χ0) is 12.1. The number of halogens is 1. The molecule has 0 spiro atoms. The molecule has 1 aromatic carbocycles. The Bertz CT molecular complexity index is 350. The van der Waals surface area contributed by atoms with Crippen LogP contribution in [0.1, 0.15) is 12.0 Å². The van der Waals surface area contributed by atoms with E-state index >= 15 is 0 Å². The van der Waals surface area contributed by atoms with Gasteiger partial charge in [-0.15, -0.1) is 0 Å². The summed E-state index contributed by atoms with van der Waals surface area (Å²) >= 11 is 0. The number of rotatable bonds is 5. The molecule has 0 bridgehead atoms. The van der Waals surface area contributed by atoms with Gasteiger partial charge in [0.2, 0.25) is 0 Å². The zero-order valence-electron chi connectivity index (χ0n) is 9.64. The third-order valence-corrected chi connectivity index (χ3v) is 3.01. The standard InChI is InChI=1S/C13H17FO3/c14-12-4-2-1-3-10(12)7-17-9-13(15)11-5-6-16-8-11/h1-4,11,13,15H,5-9H2. The van der Waals surface area contributed by atoms with Gasteiger partial charge in [0.25, 0.3) is 0 Å². The van der Waals surface area contributed by atoms with Crippen molar-refractivity contribution in [2.45, 2.75) is 19.1 Å². The van der Waals surface area contributed by atoms with Crippen molar-refractivity contribution in [2.24, 2.45) is 5.92 Å². The monoisotopic (exact) mass is 240 g/mol. The fourth-order valence-electron chi connectivity index (χ4n) is 1.90. The van der Waals surface area contributed by atoms with Crippen molar-refractivity contribution in [3.05, 3.63) is 35.6 Å². The Hall–Kier alpha value is -0.970. The molecule has 4 heteroatoms. The van der Waals surface area contributed by atoms with Crippen molar-refractivity contribution in [1.82, 2.24) is 0 Å². The minimum atomic E-state index is -0.524. The van der Waals surface area contributed by atoms with Crippen molar-refractivity contribution in [1.29, 1.82) is 0 Å². The maximum Gasteiger partial charge on any atom is 0.128 e. The smallest absolute Gasteiger partial charge is 0.128 e. The molecule has 17 heavy (non-hydrogen) atoms. The summed E-state index contributed by atoms with van der Waals surface area (Å²) in [4.78, 5) is 0. The third kappa shape index (κ3) is 3.49. The van der Waals surface area contributed by atoms with Gasteiger partial charge in [0.15, 0.2) is 0 Å². The number of ether oxygens (including phenoxy) is 2. The maximum atomic E-state index is 13.3. The second-order valence-corrected chi connectivity index (χ2v) is 4.30. The summed E-state index contributed by atoms with van der Waals surface area (Å²) in [6.45, 7) is 1.71. The first-order valence-corrected chi connectivity index (χ1v) is 5.84. The van der Waals surface area contributed by atoms with Gasteiger partial charge in [-0.3, -0.25) is 0 Å². The van der Waals surface area contributed by atoms with Crippen LogP contribution in [0, 0.1) is 11.7 Å². The Kier molecular flexibility index (Phi) is 4.48. The van der Waals surface area contributed by atoms with E-state index in [9.17, 15) is 9.50 Å². The molecular weight excluding hydrogens is 223 g/mol. The molecule has 0 aliphatic carbocycles. The van der Waals surface area contributed by atoms with E-state index in [0.29, 0.717) is 18.8 Å². The van der Waals surface area contributed by atoms with Gasteiger partial charge in [-0.2, -0.15) is 0 Å². The molecule has 1 aromatic rings. The van der Waals surface area contributed by atoms with Crippen molar-refractivity contribution in [3.8, 4) is 0 Å². The summed E-state index contributed by atoms with van der Waals surface area (Å²) in [6, 6.07) is 6.49. The summed E-state index contributed by atoms with van der Waals surface area (Å²) < 4.78 is 23.8. The quantitative estimate of drug-likeness (QED) is 0.852. The summed E-state index contributed by atoms with van der Waals surface area (Å²) in [6.07, 6.45) is 0.341. The first-order valence-electron chi connectivity index (χ1n) is 5.84. The van der Waals surface area contributed by atoms with Crippen LogP contribution in [0.5, 0.6) is 0 Å². The fourth-order valence-corrected chi connectivity index (χ4v) is 1.90. The lowest BCUT2D eigenvalue weighted by Crippen LogP contribution is -2.26. The van der Waals surface area contributed by atoms with E-state index in [1.165, 1.54) is 6.07 Å². The Balaban J connectivity index is 1.74. The van der Waals surface area contributed by atoms with Crippen LogP contribution in [-0.2, 0) is 16.1 Å². The average molecular weight is 240 g/mol. The van der Waals surface area contributed by atoms with Gasteiger partial charge in [0, 0.05) is 18.1 Å². The third-order valence-electron chi connectivity index (χ3n) is 3.01. The van der Waals surface area contributed by atoms with Gasteiger partial charge in [0.1, 0.15) is 5.82 Å². The molecule has 2 rings (SSSR count). The van der Waals surface area contributed by atoms with Crippen LogP contribution in [0.25, 0.3) is 0 Å². The zero-order valence-corrected chi connectivity index (χ0v) is 9.64. The van der Waals surface area contributed by atoms with Gasteiger partial charge < -0.3 is 14.6 Å². The van der Waals surface area contributed by atoms with E-state index < -0.39 is 6.10 Å². The van der Waals surface area contributed by atoms with Crippen LogP contribution < -0.4 is 0 Å². The summed E-state index contributed by atoms with van der Waals surface area (Å²) in [7, 11) is 0. The molecule has 1 fully saturated rings. The first kappa shape index (κ1) is 12.5. The normalized spacial score (nSPS) is 21.6. The van der Waals surface area contributed by atoms with Crippen LogP contribution in [0.3, 0.4) is 0 Å². The molecule has 1 saturated heterocycles. The highest BCUT2D eigenvalue weighted by molar-refractivity contribution is 5.16. The fraction of sp³-hybridized carbons (Fsp3) is 0.538. The lowest BCUT2D eigenvalue weighted by Gasteiger charge is -2.16. The second-order valence-electron chi connectivity index (χ2n) is 4.30. The molecule has 1 aliphatic heterocycles. The van der Waals surface area contributed by atoms with Crippen molar-refractivity contribution in [2.75, 3.05) is 19.8 Å². The van der Waals surface area contributed by atoms with Crippen molar-refractivity contribution >= 4 is 0 Å². The molecule has 1 heterocycles. The van der Waals surface area contributed by atoms with Crippen molar-refractivity contribution in [3.63, 3.8) is 0 Å². The number of benzene rings is 1. The Morgan fingerprint density at radius 2 is 2.29 bits per heavy atom. The minimum absolute atomic E-state index is 0.149. The van der Waals surface area contributed by atoms with E-state index in [-0.39, 0.29) is 24.9 Å². The van der Waals surface area contributed by atoms with E-state index in [2.05, 4.69) is 0 Å². The number of aliphatic hydroxyl groups excluding tert-OH is 1. The van der Waals surface area contributed by atoms with Gasteiger partial charge in [0.05, 0.1) is 25.9 Å². The molecule has 0 aromatic heterocycles. The van der Waals surface area contributed by atoms with Gasteiger partial charge in [-0.25, -0.2) is 4.39 Å². The van der Waals surface area contributed by atoms with E-state index in [4.69, 9.17) is 9.47 Å². The van der Waals surface area contributed by atoms with Gasteiger partial charge >= 0.3 is 0 Å². The first-order chi connectivity index (χ1) is 8.27. The molecule has 2 atom stereocenters. The van der Waals surface area contributed by atoms with Gasteiger partial charge in [-0.1, -0.05) is 18.2 Å². The van der Waals surface area contributed by atoms with E-state index in [1.54, 1.807) is 18.2 Å². The Morgan fingerprint density at radius 3 is 3.00 bits per heavy atom. The highest BCUT2D eigenvalue weighted by atomic mass is 19.1. The lowest BCUT2D eigenvalue weighted by atomic mass is 10.0. The highest BCUT2D eigenvalue weighted by Crippen LogP contribution is 2.17. The predicted octanol–water partition coefficient (Wildman–Crippen LogP) is 1.74. The second kappa shape index (κ2) is 6.10. The van der Waals surface area contributed by atoms with Crippen LogP contribution in [0.4, 0.5) is 4.39 Å². The van der Waals surface area contributed by atoms with Crippen LogP contribution in [0.15, 0.2) is 24.3 Å². The van der Waals surface area contributed by atoms with Gasteiger partial charge in [-0.05, 0) is 12.5 Å². The molecule has 1 aliphatic rings. The topological polar surface area (TPSA) is 38.7 Å². The summed E-state index contributed by atoms with van der Waals surface area (Å²) in [5.41, 5.74) is 0.516. The summed E-state index contributed by atoms with van der Waals surface area (Å²) in [5.74, 6) is -0.123. The van der Waals surface area contributed by atoms with Crippen molar-refractivity contribution < 1.29 is 19.0 Å². The Morgan fingerprint density at radius 1 is 1.47 bits per heavy atom. The van der Waals surface area contributed by atoms with E-state index in [1.807, 2.05) is 0 Å². The molecule has 2 unspecified atom stereocenters. The SMILES string of the molecule is OC(COCc1ccccc1F)C1CCOC1. The van der Waals surface area contributed by atoms with Crippen LogP contribution in [0.2, 0.25) is 0 Å². The van der Waals surface area contributed by atoms with Crippen LogP contribution >= 0.6 is 0 Å². The van der Waals surface area contributed by atoms with Crippen LogP contribution in [-0.4, -0.2) is 31.0 Å². The highest BCUT2D eigenvalue weighted by Gasteiger charge is 2.23. The maximum absolute atomic E-state index is 13.3. The molecule has 0 saturated carbocycles. The molecule has 3 nitrogen and oxygen atoms in total. The molecule has 0 amide bonds.